The second-order valence-electron chi connectivity index (χ2n) is 3.93. The minimum absolute atomic E-state index is 0.0531. The predicted octanol–water partition coefficient (Wildman–Crippen LogP) is 3.18. The van der Waals surface area contributed by atoms with Crippen molar-refractivity contribution in [2.75, 3.05) is 0 Å². The molecule has 2 aromatic carbocycles. The summed E-state index contributed by atoms with van der Waals surface area (Å²) in [5.41, 5.74) is 0.256. The van der Waals surface area contributed by atoms with Gasteiger partial charge in [0.05, 0.1) is 16.1 Å². The lowest BCUT2D eigenvalue weighted by atomic mass is 10.2. The molecule has 0 radical (unpaired) electrons. The van der Waals surface area contributed by atoms with E-state index in [1.807, 2.05) is 0 Å². The van der Waals surface area contributed by atoms with Gasteiger partial charge in [0.1, 0.15) is 24.2 Å². The van der Waals surface area contributed by atoms with Crippen LogP contribution in [-0.4, -0.2) is 4.92 Å². The Labute approximate surface area is 114 Å². The minimum atomic E-state index is -0.687. The van der Waals surface area contributed by atoms with Crippen molar-refractivity contribution in [1.29, 1.82) is 5.26 Å². The molecule has 5 nitrogen and oxygen atoms in total. The molecule has 20 heavy (non-hydrogen) atoms. The number of ether oxygens (including phenoxy) is 1. The number of nitro groups is 1. The fourth-order valence-corrected chi connectivity index (χ4v) is 1.65. The third kappa shape index (κ3) is 2.90. The highest BCUT2D eigenvalue weighted by Gasteiger charge is 2.13. The number of hydrogen-bond acceptors (Lipinski definition) is 4. The molecule has 0 amide bonds. The van der Waals surface area contributed by atoms with Crippen molar-refractivity contribution in [1.82, 2.24) is 0 Å². The lowest BCUT2D eigenvalue weighted by Gasteiger charge is -2.07. The van der Waals surface area contributed by atoms with Crippen LogP contribution in [0.3, 0.4) is 0 Å². The van der Waals surface area contributed by atoms with Crippen LogP contribution in [0.1, 0.15) is 11.1 Å². The van der Waals surface area contributed by atoms with Crippen LogP contribution in [0.15, 0.2) is 42.5 Å². The van der Waals surface area contributed by atoms with Crippen molar-refractivity contribution in [2.24, 2.45) is 0 Å². The van der Waals surface area contributed by atoms with Crippen LogP contribution >= 0.6 is 0 Å². The Bertz CT molecular complexity index is 695. The number of rotatable bonds is 4. The molecule has 0 N–H and O–H groups in total. The maximum atomic E-state index is 13.4. The summed E-state index contributed by atoms with van der Waals surface area (Å²) in [4.78, 5) is 10.3. The van der Waals surface area contributed by atoms with Crippen molar-refractivity contribution in [3.63, 3.8) is 0 Å². The van der Waals surface area contributed by atoms with Gasteiger partial charge in [-0.15, -0.1) is 0 Å². The molecule has 0 saturated carbocycles. The van der Waals surface area contributed by atoms with E-state index in [2.05, 4.69) is 0 Å². The van der Waals surface area contributed by atoms with E-state index in [9.17, 15) is 14.5 Å². The molecular weight excluding hydrogens is 263 g/mol. The predicted molar refractivity (Wildman–Crippen MR) is 68.5 cm³/mol. The molecule has 0 aromatic heterocycles. The van der Waals surface area contributed by atoms with E-state index in [1.54, 1.807) is 24.3 Å². The molecule has 2 aromatic rings. The molecule has 0 atom stereocenters. The Morgan fingerprint density at radius 3 is 2.70 bits per heavy atom. The molecule has 0 fully saturated rings. The molecule has 2 rings (SSSR count). The summed E-state index contributed by atoms with van der Waals surface area (Å²) in [7, 11) is 0. The molecule has 0 saturated heterocycles. The standard InChI is InChI=1S/C14H9FN2O3/c15-13-7-12(6-5-10(13)8-16)20-9-11-3-1-2-4-14(11)17(18)19/h1-7H,9H2. The van der Waals surface area contributed by atoms with E-state index in [0.29, 0.717) is 5.56 Å². The second kappa shape index (κ2) is 5.80. The van der Waals surface area contributed by atoms with Gasteiger partial charge < -0.3 is 4.74 Å². The average molecular weight is 272 g/mol. The van der Waals surface area contributed by atoms with Crippen LogP contribution in [0, 0.1) is 27.3 Å². The molecule has 0 aliphatic carbocycles. The van der Waals surface area contributed by atoms with Gasteiger partial charge in [-0.2, -0.15) is 5.26 Å². The van der Waals surface area contributed by atoms with Crippen molar-refractivity contribution in [3.05, 3.63) is 69.5 Å². The zero-order chi connectivity index (χ0) is 14.5. The van der Waals surface area contributed by atoms with E-state index in [-0.39, 0.29) is 23.6 Å². The Morgan fingerprint density at radius 1 is 1.30 bits per heavy atom. The number of halogens is 1. The lowest BCUT2D eigenvalue weighted by Crippen LogP contribution is -2.00. The van der Waals surface area contributed by atoms with Crippen molar-refractivity contribution in [2.45, 2.75) is 6.61 Å². The number of nitrogens with zero attached hydrogens (tertiary/aromatic N) is 2. The fourth-order valence-electron chi connectivity index (χ4n) is 1.65. The summed E-state index contributed by atoms with van der Waals surface area (Å²) < 4.78 is 18.7. The topological polar surface area (TPSA) is 76.2 Å². The summed E-state index contributed by atoms with van der Waals surface area (Å²) >= 11 is 0. The largest absolute Gasteiger partial charge is 0.489 e. The number of nitriles is 1. The molecule has 100 valence electrons. The first-order chi connectivity index (χ1) is 9.61. The molecule has 6 heteroatoms. The zero-order valence-electron chi connectivity index (χ0n) is 10.2. The molecule has 0 unspecified atom stereocenters. The summed E-state index contributed by atoms with van der Waals surface area (Å²) in [6, 6.07) is 11.7. The van der Waals surface area contributed by atoms with Gasteiger partial charge in [-0.25, -0.2) is 4.39 Å². The average Bonchev–Trinajstić information content (AvgIpc) is 2.45. The quantitative estimate of drug-likeness (QED) is 0.632. The van der Waals surface area contributed by atoms with E-state index >= 15 is 0 Å². The van der Waals surface area contributed by atoms with Crippen LogP contribution in [-0.2, 0) is 6.61 Å². The van der Waals surface area contributed by atoms with Crippen LogP contribution in [0.25, 0.3) is 0 Å². The minimum Gasteiger partial charge on any atom is -0.489 e. The molecule has 0 bridgehead atoms. The Hall–Kier alpha value is -2.94. The van der Waals surface area contributed by atoms with Gasteiger partial charge in [0.25, 0.3) is 5.69 Å². The van der Waals surface area contributed by atoms with E-state index in [4.69, 9.17) is 10.00 Å². The molecule has 0 heterocycles. The third-order valence-corrected chi connectivity index (χ3v) is 2.64. The fraction of sp³-hybridized carbons (Fsp3) is 0.0714. The monoisotopic (exact) mass is 272 g/mol. The first kappa shape index (κ1) is 13.5. The number of para-hydroxylation sites is 1. The van der Waals surface area contributed by atoms with Crippen molar-refractivity contribution >= 4 is 5.69 Å². The molecule has 0 aliphatic heterocycles. The number of hydrogen-bond donors (Lipinski definition) is 0. The first-order valence-electron chi connectivity index (χ1n) is 5.66. The zero-order valence-corrected chi connectivity index (χ0v) is 10.2. The maximum absolute atomic E-state index is 13.4. The van der Waals surface area contributed by atoms with Crippen LogP contribution < -0.4 is 4.74 Å². The number of nitro benzene ring substituents is 1. The lowest BCUT2D eigenvalue weighted by molar-refractivity contribution is -0.385. The van der Waals surface area contributed by atoms with Crippen LogP contribution in [0.2, 0.25) is 0 Å². The summed E-state index contributed by atoms with van der Waals surface area (Å²) in [6.45, 7) is -0.0531. The van der Waals surface area contributed by atoms with E-state index in [0.717, 1.165) is 6.07 Å². The smallest absolute Gasteiger partial charge is 0.276 e. The van der Waals surface area contributed by atoms with Crippen molar-refractivity contribution < 1.29 is 14.1 Å². The highest BCUT2D eigenvalue weighted by Crippen LogP contribution is 2.21. The molecule has 0 spiro atoms. The molecule has 0 aliphatic rings. The van der Waals surface area contributed by atoms with Gasteiger partial charge in [-0.1, -0.05) is 12.1 Å². The Balaban J connectivity index is 2.15. The Morgan fingerprint density at radius 2 is 2.05 bits per heavy atom. The number of benzene rings is 2. The van der Waals surface area contributed by atoms with Gasteiger partial charge in [-0.3, -0.25) is 10.1 Å². The summed E-state index contributed by atoms with van der Waals surface area (Å²) in [5, 5.41) is 19.4. The second-order valence-corrected chi connectivity index (χ2v) is 3.93. The van der Waals surface area contributed by atoms with Gasteiger partial charge in [0, 0.05) is 12.1 Å². The first-order valence-corrected chi connectivity index (χ1v) is 5.66. The highest BCUT2D eigenvalue weighted by atomic mass is 19.1. The normalized spacial score (nSPS) is 9.80. The van der Waals surface area contributed by atoms with Crippen molar-refractivity contribution in [3.8, 4) is 11.8 Å². The SMILES string of the molecule is N#Cc1ccc(OCc2ccccc2[N+](=O)[O-])cc1F. The van der Waals surface area contributed by atoms with Gasteiger partial charge in [0.15, 0.2) is 0 Å². The third-order valence-electron chi connectivity index (χ3n) is 2.64. The van der Waals surface area contributed by atoms with E-state index < -0.39 is 10.7 Å². The van der Waals surface area contributed by atoms with Gasteiger partial charge in [-0.05, 0) is 18.2 Å². The molecular formula is C14H9FN2O3. The van der Waals surface area contributed by atoms with Crippen LogP contribution in [0.5, 0.6) is 5.75 Å². The Kier molecular flexibility index (Phi) is 3.91. The van der Waals surface area contributed by atoms with Gasteiger partial charge in [0.2, 0.25) is 0 Å². The van der Waals surface area contributed by atoms with E-state index in [1.165, 1.54) is 18.2 Å². The highest BCUT2D eigenvalue weighted by molar-refractivity contribution is 5.40. The summed E-state index contributed by atoms with van der Waals surface area (Å²) in [5.74, 6) is -0.479. The van der Waals surface area contributed by atoms with Gasteiger partial charge >= 0.3 is 0 Å². The maximum Gasteiger partial charge on any atom is 0.276 e. The van der Waals surface area contributed by atoms with Crippen LogP contribution in [0.4, 0.5) is 10.1 Å². The summed E-state index contributed by atoms with van der Waals surface area (Å²) in [6.07, 6.45) is 0.